The highest BCUT2D eigenvalue weighted by molar-refractivity contribution is 5.15. The largest absolute Gasteiger partial charge is 0.389 e. The number of terminal acetylenes is 1. The molecule has 1 atom stereocenters. The summed E-state index contributed by atoms with van der Waals surface area (Å²) in [6.45, 7) is 3.18. The first kappa shape index (κ1) is 19.4. The molecule has 0 amide bonds. The summed E-state index contributed by atoms with van der Waals surface area (Å²) >= 11 is 0. The minimum atomic E-state index is -0.451. The lowest BCUT2D eigenvalue weighted by molar-refractivity contribution is -0.0710. The number of likely N-dealkylation sites (tertiary alicyclic amines) is 1. The SMILES string of the molecule is C#CC1(OC[C@@H](O)CN2CCC(Cc3ccccc3)CC2)CCCCC1. The summed E-state index contributed by atoms with van der Waals surface area (Å²) in [5.74, 6) is 3.62. The smallest absolute Gasteiger partial charge is 0.128 e. The molecule has 3 rings (SSSR count). The van der Waals surface area contributed by atoms with Gasteiger partial charge in [-0.25, -0.2) is 0 Å². The van der Waals surface area contributed by atoms with E-state index in [4.69, 9.17) is 11.2 Å². The van der Waals surface area contributed by atoms with Crippen LogP contribution in [0.4, 0.5) is 0 Å². The highest BCUT2D eigenvalue weighted by Crippen LogP contribution is 2.31. The number of nitrogens with zero attached hydrogens (tertiary/aromatic N) is 1. The lowest BCUT2D eigenvalue weighted by Crippen LogP contribution is -2.42. The van der Waals surface area contributed by atoms with Gasteiger partial charge in [0, 0.05) is 6.54 Å². The second-order valence-corrected chi connectivity index (χ2v) is 8.10. The molecule has 0 aromatic heterocycles. The summed E-state index contributed by atoms with van der Waals surface area (Å²) in [6, 6.07) is 10.8. The molecule has 142 valence electrons. The summed E-state index contributed by atoms with van der Waals surface area (Å²) in [7, 11) is 0. The minimum Gasteiger partial charge on any atom is -0.389 e. The zero-order valence-electron chi connectivity index (χ0n) is 15.9. The number of rotatable bonds is 7. The number of piperidine rings is 1. The van der Waals surface area contributed by atoms with E-state index in [1.807, 2.05) is 0 Å². The van der Waals surface area contributed by atoms with Gasteiger partial charge < -0.3 is 14.7 Å². The van der Waals surface area contributed by atoms with Crippen LogP contribution in [-0.2, 0) is 11.2 Å². The van der Waals surface area contributed by atoms with E-state index in [0.717, 1.165) is 44.7 Å². The van der Waals surface area contributed by atoms with E-state index in [1.165, 1.54) is 31.2 Å². The minimum absolute atomic E-state index is 0.355. The Kier molecular flexibility index (Phi) is 7.14. The molecule has 2 aliphatic rings. The monoisotopic (exact) mass is 355 g/mol. The Labute approximate surface area is 158 Å². The van der Waals surface area contributed by atoms with Gasteiger partial charge in [0.15, 0.2) is 0 Å². The Hall–Kier alpha value is -1.34. The van der Waals surface area contributed by atoms with Crippen LogP contribution in [0.1, 0.15) is 50.5 Å². The normalized spacial score (nSPS) is 22.6. The molecule has 1 N–H and O–H groups in total. The van der Waals surface area contributed by atoms with Crippen LogP contribution in [0.2, 0.25) is 0 Å². The van der Waals surface area contributed by atoms with Crippen LogP contribution < -0.4 is 0 Å². The summed E-state index contributed by atoms with van der Waals surface area (Å²) in [4.78, 5) is 2.37. The number of β-amino-alcohol motifs (C(OH)–C–C–N with tert-alkyl or cyclic N) is 1. The van der Waals surface area contributed by atoms with E-state index < -0.39 is 11.7 Å². The van der Waals surface area contributed by atoms with E-state index in [-0.39, 0.29) is 0 Å². The number of aliphatic hydroxyl groups is 1. The van der Waals surface area contributed by atoms with Crippen LogP contribution in [0.3, 0.4) is 0 Å². The molecular weight excluding hydrogens is 322 g/mol. The Balaban J connectivity index is 1.36. The van der Waals surface area contributed by atoms with Gasteiger partial charge in [-0.05, 0) is 69.5 Å². The van der Waals surface area contributed by atoms with Crippen LogP contribution in [0, 0.1) is 18.3 Å². The topological polar surface area (TPSA) is 32.7 Å². The summed E-state index contributed by atoms with van der Waals surface area (Å²) in [5, 5.41) is 10.4. The van der Waals surface area contributed by atoms with Crippen LogP contribution in [0.25, 0.3) is 0 Å². The molecule has 1 aliphatic carbocycles. The van der Waals surface area contributed by atoms with Gasteiger partial charge in [0.2, 0.25) is 0 Å². The third-order valence-electron chi connectivity index (χ3n) is 6.02. The molecule has 1 aromatic carbocycles. The van der Waals surface area contributed by atoms with Gasteiger partial charge in [-0.15, -0.1) is 6.42 Å². The predicted molar refractivity (Wildman–Crippen MR) is 106 cm³/mol. The lowest BCUT2D eigenvalue weighted by atomic mass is 9.85. The van der Waals surface area contributed by atoms with Crippen LogP contribution in [-0.4, -0.2) is 48.0 Å². The third kappa shape index (κ3) is 5.58. The maximum atomic E-state index is 10.4. The van der Waals surface area contributed by atoms with Crippen molar-refractivity contribution in [3.05, 3.63) is 35.9 Å². The quantitative estimate of drug-likeness (QED) is 0.758. The first-order chi connectivity index (χ1) is 12.7. The van der Waals surface area contributed by atoms with Crippen molar-refractivity contribution in [3.8, 4) is 12.3 Å². The molecule has 1 saturated carbocycles. The van der Waals surface area contributed by atoms with Gasteiger partial charge in [-0.1, -0.05) is 42.7 Å². The first-order valence-corrected chi connectivity index (χ1v) is 10.3. The highest BCUT2D eigenvalue weighted by Gasteiger charge is 2.31. The average molecular weight is 356 g/mol. The zero-order chi connectivity index (χ0) is 18.2. The first-order valence-electron chi connectivity index (χ1n) is 10.3. The lowest BCUT2D eigenvalue weighted by Gasteiger charge is -2.35. The van der Waals surface area contributed by atoms with Crippen molar-refractivity contribution in [1.82, 2.24) is 4.90 Å². The van der Waals surface area contributed by atoms with Gasteiger partial charge >= 0.3 is 0 Å². The Morgan fingerprint density at radius 1 is 1.15 bits per heavy atom. The fraction of sp³-hybridized carbons (Fsp3) is 0.652. The molecule has 1 heterocycles. The van der Waals surface area contributed by atoms with Crippen molar-refractivity contribution >= 4 is 0 Å². The van der Waals surface area contributed by atoms with Crippen molar-refractivity contribution in [1.29, 1.82) is 0 Å². The highest BCUT2D eigenvalue weighted by atomic mass is 16.5. The van der Waals surface area contributed by atoms with Gasteiger partial charge in [-0.2, -0.15) is 0 Å². The maximum Gasteiger partial charge on any atom is 0.128 e. The Bertz CT molecular complexity index is 566. The number of aliphatic hydroxyl groups excluding tert-OH is 1. The fourth-order valence-electron chi connectivity index (χ4n) is 4.38. The van der Waals surface area contributed by atoms with Gasteiger partial charge in [0.05, 0.1) is 12.7 Å². The van der Waals surface area contributed by atoms with E-state index in [9.17, 15) is 5.11 Å². The summed E-state index contributed by atoms with van der Waals surface area (Å²) in [5.41, 5.74) is 1.01. The molecule has 1 aliphatic heterocycles. The second kappa shape index (κ2) is 9.55. The maximum absolute atomic E-state index is 10.4. The van der Waals surface area contributed by atoms with Crippen molar-refractivity contribution in [2.75, 3.05) is 26.2 Å². The molecule has 26 heavy (non-hydrogen) atoms. The third-order valence-corrected chi connectivity index (χ3v) is 6.02. The molecule has 2 fully saturated rings. The number of hydrogen-bond donors (Lipinski definition) is 1. The molecule has 0 bridgehead atoms. The summed E-state index contributed by atoms with van der Waals surface area (Å²) < 4.78 is 6.01. The summed E-state index contributed by atoms with van der Waals surface area (Å²) in [6.07, 6.45) is 14.2. The molecule has 1 aromatic rings. The number of ether oxygens (including phenoxy) is 1. The van der Waals surface area contributed by atoms with Crippen molar-refractivity contribution in [3.63, 3.8) is 0 Å². The van der Waals surface area contributed by atoms with Crippen molar-refractivity contribution < 1.29 is 9.84 Å². The molecule has 0 radical (unpaired) electrons. The molecule has 0 unspecified atom stereocenters. The van der Waals surface area contributed by atoms with Gasteiger partial charge in [0.1, 0.15) is 5.60 Å². The molecule has 0 spiro atoms. The number of benzene rings is 1. The van der Waals surface area contributed by atoms with Crippen LogP contribution in [0.5, 0.6) is 0 Å². The van der Waals surface area contributed by atoms with Gasteiger partial charge in [0.25, 0.3) is 0 Å². The Morgan fingerprint density at radius 3 is 2.50 bits per heavy atom. The standard InChI is InChI=1S/C23H33NO2/c1-2-23(13-7-4-8-14-23)26-19-22(25)18-24-15-11-21(12-16-24)17-20-9-5-3-6-10-20/h1,3,5-6,9-10,21-22,25H,4,7-8,11-19H2/t22-/m0/s1. The van der Waals surface area contributed by atoms with Crippen LogP contribution >= 0.6 is 0 Å². The average Bonchev–Trinajstić information content (AvgIpc) is 2.69. The second-order valence-electron chi connectivity index (χ2n) is 8.10. The Morgan fingerprint density at radius 2 is 1.85 bits per heavy atom. The zero-order valence-corrected chi connectivity index (χ0v) is 15.9. The predicted octanol–water partition coefficient (Wildman–Crippen LogP) is 3.65. The van der Waals surface area contributed by atoms with Crippen molar-refractivity contribution in [2.45, 2.75) is 63.1 Å². The van der Waals surface area contributed by atoms with E-state index in [0.29, 0.717) is 13.2 Å². The van der Waals surface area contributed by atoms with Gasteiger partial charge in [-0.3, -0.25) is 0 Å². The molecule has 3 heteroatoms. The van der Waals surface area contributed by atoms with Crippen molar-refractivity contribution in [2.24, 2.45) is 5.92 Å². The van der Waals surface area contributed by atoms with E-state index in [1.54, 1.807) is 0 Å². The molecule has 1 saturated heterocycles. The van der Waals surface area contributed by atoms with Crippen LogP contribution in [0.15, 0.2) is 30.3 Å². The molecular formula is C23H33NO2. The fourth-order valence-corrected chi connectivity index (χ4v) is 4.38. The van der Waals surface area contributed by atoms with E-state index in [2.05, 4.69) is 41.2 Å². The number of hydrogen-bond acceptors (Lipinski definition) is 3. The molecule has 3 nitrogen and oxygen atoms in total. The van der Waals surface area contributed by atoms with E-state index >= 15 is 0 Å².